The highest BCUT2D eigenvalue weighted by atomic mass is 32.2. The van der Waals surface area contributed by atoms with Gasteiger partial charge < -0.3 is 15.7 Å². The number of amides is 2. The minimum atomic E-state index is -0.214. The second-order valence-corrected chi connectivity index (χ2v) is 9.53. The van der Waals surface area contributed by atoms with E-state index in [1.807, 2.05) is 18.2 Å². The lowest BCUT2D eigenvalue weighted by Gasteiger charge is -2.56. The molecule has 0 aromatic heterocycles. The number of rotatable bonds is 7. The van der Waals surface area contributed by atoms with Gasteiger partial charge in [0.15, 0.2) is 0 Å². The lowest BCUT2D eigenvalue weighted by Crippen LogP contribution is -2.60. The number of carbonyl (C=O) groups excluding carboxylic acids is 2. The molecular weight excluding hydrogens is 360 g/mol. The zero-order chi connectivity index (χ0) is 18.9. The summed E-state index contributed by atoms with van der Waals surface area (Å²) < 4.78 is 0. The number of aliphatic hydroxyl groups excluding tert-OH is 1. The van der Waals surface area contributed by atoms with Crippen LogP contribution in [-0.2, 0) is 4.79 Å². The van der Waals surface area contributed by atoms with Crippen LogP contribution in [0.15, 0.2) is 29.2 Å². The zero-order valence-corrected chi connectivity index (χ0v) is 16.4. The Hall–Kier alpha value is -1.53. The first-order valence-corrected chi connectivity index (χ1v) is 11.0. The van der Waals surface area contributed by atoms with Crippen LogP contribution in [0.5, 0.6) is 0 Å². The van der Waals surface area contributed by atoms with Gasteiger partial charge in [0.25, 0.3) is 5.91 Å². The molecule has 0 heterocycles. The number of nitrogens with one attached hydrogen (secondary N) is 2. The Labute approximate surface area is 164 Å². The van der Waals surface area contributed by atoms with Gasteiger partial charge in [0.05, 0.1) is 17.9 Å². The van der Waals surface area contributed by atoms with E-state index in [0.717, 1.165) is 41.9 Å². The molecule has 0 radical (unpaired) electrons. The van der Waals surface area contributed by atoms with Gasteiger partial charge in [-0.2, -0.15) is 0 Å². The topological polar surface area (TPSA) is 78.4 Å². The van der Waals surface area contributed by atoms with Crippen LogP contribution in [-0.4, -0.2) is 41.4 Å². The molecule has 5 rings (SSSR count). The Kier molecular flexibility index (Phi) is 5.46. The molecule has 0 saturated heterocycles. The van der Waals surface area contributed by atoms with Crippen LogP contribution in [0.25, 0.3) is 0 Å². The molecule has 1 aromatic carbocycles. The van der Waals surface area contributed by atoms with E-state index in [9.17, 15) is 9.59 Å². The molecular formula is C21H28N2O3S. The molecule has 3 N–H and O–H groups in total. The number of hydrogen-bond acceptors (Lipinski definition) is 4. The van der Waals surface area contributed by atoms with Crippen molar-refractivity contribution in [3.05, 3.63) is 29.8 Å². The first kappa shape index (κ1) is 18.8. The first-order chi connectivity index (χ1) is 13.1. The summed E-state index contributed by atoms with van der Waals surface area (Å²) in [6, 6.07) is 7.32. The van der Waals surface area contributed by atoms with Crippen molar-refractivity contribution in [1.82, 2.24) is 10.6 Å². The van der Waals surface area contributed by atoms with Gasteiger partial charge in [0.1, 0.15) is 0 Å². The van der Waals surface area contributed by atoms with Crippen molar-refractivity contribution in [2.75, 3.05) is 18.9 Å². The fourth-order valence-corrected chi connectivity index (χ4v) is 6.63. The molecule has 27 heavy (non-hydrogen) atoms. The van der Waals surface area contributed by atoms with E-state index >= 15 is 0 Å². The third-order valence-electron chi connectivity index (χ3n) is 6.33. The number of benzene rings is 1. The molecule has 2 amide bonds. The number of carbonyl (C=O) groups is 2. The van der Waals surface area contributed by atoms with Gasteiger partial charge in [-0.3, -0.25) is 9.59 Å². The smallest absolute Gasteiger partial charge is 0.252 e. The highest BCUT2D eigenvalue weighted by molar-refractivity contribution is 8.00. The lowest BCUT2D eigenvalue weighted by atomic mass is 9.53. The monoisotopic (exact) mass is 388 g/mol. The molecule has 4 aliphatic carbocycles. The van der Waals surface area contributed by atoms with E-state index in [1.54, 1.807) is 6.07 Å². The van der Waals surface area contributed by atoms with Gasteiger partial charge in [-0.25, -0.2) is 0 Å². The Morgan fingerprint density at radius 3 is 2.33 bits per heavy atom. The third kappa shape index (κ3) is 4.16. The molecule has 5 nitrogen and oxygen atoms in total. The minimum absolute atomic E-state index is 0.0322. The quantitative estimate of drug-likeness (QED) is 0.628. The number of hydrogen-bond donors (Lipinski definition) is 3. The van der Waals surface area contributed by atoms with Gasteiger partial charge in [-0.15, -0.1) is 11.8 Å². The maximum atomic E-state index is 12.7. The van der Waals surface area contributed by atoms with Crippen molar-refractivity contribution in [3.8, 4) is 0 Å². The maximum absolute atomic E-state index is 12.7. The molecule has 4 aliphatic rings. The fraction of sp³-hybridized carbons (Fsp3) is 0.619. The molecule has 4 saturated carbocycles. The average Bonchev–Trinajstić information content (AvgIpc) is 2.63. The van der Waals surface area contributed by atoms with Gasteiger partial charge in [-0.1, -0.05) is 12.1 Å². The fourth-order valence-electron chi connectivity index (χ4n) is 5.78. The van der Waals surface area contributed by atoms with Gasteiger partial charge in [0, 0.05) is 17.0 Å². The van der Waals surface area contributed by atoms with E-state index in [1.165, 1.54) is 31.0 Å². The molecule has 1 aromatic rings. The number of aliphatic hydroxyl groups is 1. The summed E-state index contributed by atoms with van der Waals surface area (Å²) in [5, 5.41) is 14.9. The van der Waals surface area contributed by atoms with E-state index < -0.39 is 0 Å². The van der Waals surface area contributed by atoms with Crippen LogP contribution in [0.2, 0.25) is 0 Å². The second kappa shape index (κ2) is 7.84. The Morgan fingerprint density at radius 2 is 1.70 bits per heavy atom. The van der Waals surface area contributed by atoms with Crippen LogP contribution < -0.4 is 10.6 Å². The van der Waals surface area contributed by atoms with Crippen molar-refractivity contribution >= 4 is 23.6 Å². The standard InChI is InChI=1S/C21H28N2O3S/c24-6-5-22-20(26)17-3-1-2-4-18(17)27-13-19(25)23-21-10-14-7-15(11-21)9-16(8-14)12-21/h1-4,14-16,24H,5-13H2,(H,22,26)(H,23,25). The summed E-state index contributed by atoms with van der Waals surface area (Å²) >= 11 is 1.41. The van der Waals surface area contributed by atoms with Crippen LogP contribution in [0.1, 0.15) is 48.9 Å². The van der Waals surface area contributed by atoms with Crippen molar-refractivity contribution in [2.45, 2.75) is 49.0 Å². The summed E-state index contributed by atoms with van der Waals surface area (Å²) in [5.74, 6) is 2.60. The van der Waals surface area contributed by atoms with Crippen LogP contribution in [0.4, 0.5) is 0 Å². The predicted octanol–water partition coefficient (Wildman–Crippen LogP) is 2.59. The summed E-state index contributed by atoms with van der Waals surface area (Å²) in [5.41, 5.74) is 0.586. The Balaban J connectivity index is 1.36. The summed E-state index contributed by atoms with van der Waals surface area (Å²) in [6.07, 6.45) is 7.53. The van der Waals surface area contributed by atoms with E-state index in [0.29, 0.717) is 11.3 Å². The summed E-state index contributed by atoms with van der Waals surface area (Å²) in [7, 11) is 0. The van der Waals surface area contributed by atoms with E-state index in [2.05, 4.69) is 10.6 Å². The van der Waals surface area contributed by atoms with E-state index in [-0.39, 0.29) is 30.5 Å². The van der Waals surface area contributed by atoms with Crippen molar-refractivity contribution in [1.29, 1.82) is 0 Å². The van der Waals surface area contributed by atoms with Gasteiger partial charge >= 0.3 is 0 Å². The summed E-state index contributed by atoms with van der Waals surface area (Å²) in [4.78, 5) is 25.7. The summed E-state index contributed by atoms with van der Waals surface area (Å²) in [6.45, 7) is 0.138. The normalized spacial score (nSPS) is 30.9. The molecule has 0 unspecified atom stereocenters. The molecule has 0 aliphatic heterocycles. The average molecular weight is 389 g/mol. The molecule has 6 heteroatoms. The number of thioether (sulfide) groups is 1. The van der Waals surface area contributed by atoms with Crippen molar-refractivity contribution in [2.24, 2.45) is 17.8 Å². The Bertz CT molecular complexity index is 686. The van der Waals surface area contributed by atoms with Gasteiger partial charge in [0.2, 0.25) is 5.91 Å². The van der Waals surface area contributed by atoms with Crippen LogP contribution >= 0.6 is 11.8 Å². The Morgan fingerprint density at radius 1 is 1.07 bits per heavy atom. The molecule has 146 valence electrons. The van der Waals surface area contributed by atoms with Crippen molar-refractivity contribution in [3.63, 3.8) is 0 Å². The minimum Gasteiger partial charge on any atom is -0.395 e. The molecule has 4 bridgehead atoms. The molecule has 4 fully saturated rings. The van der Waals surface area contributed by atoms with Crippen molar-refractivity contribution < 1.29 is 14.7 Å². The van der Waals surface area contributed by atoms with E-state index in [4.69, 9.17) is 5.11 Å². The SMILES string of the molecule is O=C(CSc1ccccc1C(=O)NCCO)NC12CC3CC(CC(C3)C1)C2. The van der Waals surface area contributed by atoms with Crippen LogP contribution in [0.3, 0.4) is 0 Å². The lowest BCUT2D eigenvalue weighted by molar-refractivity contribution is -0.124. The van der Waals surface area contributed by atoms with Crippen LogP contribution in [0, 0.1) is 17.8 Å². The maximum Gasteiger partial charge on any atom is 0.252 e. The highest BCUT2D eigenvalue weighted by Crippen LogP contribution is 2.55. The first-order valence-electron chi connectivity index (χ1n) is 9.99. The highest BCUT2D eigenvalue weighted by Gasteiger charge is 2.51. The zero-order valence-electron chi connectivity index (χ0n) is 15.6. The third-order valence-corrected chi connectivity index (χ3v) is 7.40. The largest absolute Gasteiger partial charge is 0.395 e. The second-order valence-electron chi connectivity index (χ2n) is 8.51. The molecule has 0 spiro atoms. The predicted molar refractivity (Wildman–Crippen MR) is 106 cm³/mol. The molecule has 0 atom stereocenters. The van der Waals surface area contributed by atoms with Gasteiger partial charge in [-0.05, 0) is 68.4 Å².